The minimum atomic E-state index is -0.639. The Bertz CT molecular complexity index is 620. The molecule has 0 unspecified atom stereocenters. The minimum Gasteiger partial charge on any atom is -0.384 e. The van der Waals surface area contributed by atoms with Gasteiger partial charge < -0.3 is 10.4 Å². The Kier molecular flexibility index (Phi) is 3.72. The molecule has 4 heteroatoms. The number of aliphatic imine (C=N–C) groups is 1. The highest BCUT2D eigenvalue weighted by Crippen LogP contribution is 2.23. The van der Waals surface area contributed by atoms with Gasteiger partial charge in [0.05, 0.1) is 6.54 Å². The Morgan fingerprint density at radius 2 is 1.60 bits per heavy atom. The third kappa shape index (κ3) is 2.69. The van der Waals surface area contributed by atoms with Crippen LogP contribution >= 0.6 is 11.6 Å². The summed E-state index contributed by atoms with van der Waals surface area (Å²) in [6, 6.07) is 15.1. The summed E-state index contributed by atoms with van der Waals surface area (Å²) in [6.07, 6.45) is -0.639. The summed E-state index contributed by atoms with van der Waals surface area (Å²) in [6.45, 7) is 1.72. The molecular formula is C16H15ClN2O. The van der Waals surface area contributed by atoms with E-state index in [-0.39, 0.29) is 0 Å². The molecule has 0 amide bonds. The fourth-order valence-electron chi connectivity index (χ4n) is 2.25. The van der Waals surface area contributed by atoms with Crippen LogP contribution in [0, 0.1) is 0 Å². The number of halogens is 1. The Hall–Kier alpha value is -1.84. The fraction of sp³-hybridized carbons (Fsp3) is 0.188. The summed E-state index contributed by atoms with van der Waals surface area (Å²) in [5.74, 6) is 0.928. The normalized spacial score (nSPS) is 15.6. The van der Waals surface area contributed by atoms with E-state index in [0.29, 0.717) is 5.02 Å². The zero-order chi connectivity index (χ0) is 13.9. The van der Waals surface area contributed by atoms with Gasteiger partial charge >= 0.3 is 0 Å². The molecule has 0 bridgehead atoms. The minimum absolute atomic E-state index is 0.639. The van der Waals surface area contributed by atoms with Crippen molar-refractivity contribution in [3.05, 3.63) is 70.2 Å². The zero-order valence-electron chi connectivity index (χ0n) is 10.9. The third-order valence-electron chi connectivity index (χ3n) is 3.36. The maximum atomic E-state index is 10.4. The van der Waals surface area contributed by atoms with Gasteiger partial charge in [0.2, 0.25) is 0 Å². The second-order valence-corrected chi connectivity index (χ2v) is 5.17. The van der Waals surface area contributed by atoms with E-state index in [4.69, 9.17) is 11.6 Å². The van der Waals surface area contributed by atoms with Crippen molar-refractivity contribution in [3.63, 3.8) is 0 Å². The molecule has 1 aliphatic rings. The van der Waals surface area contributed by atoms with E-state index in [1.54, 1.807) is 12.1 Å². The van der Waals surface area contributed by atoms with Gasteiger partial charge in [-0.15, -0.1) is 0 Å². The molecule has 2 aromatic rings. The van der Waals surface area contributed by atoms with Crippen LogP contribution in [0.3, 0.4) is 0 Å². The van der Waals surface area contributed by atoms with E-state index in [9.17, 15) is 5.11 Å². The summed E-state index contributed by atoms with van der Waals surface area (Å²) < 4.78 is 0. The quantitative estimate of drug-likeness (QED) is 0.911. The fourth-order valence-corrected chi connectivity index (χ4v) is 2.38. The number of hydrogen-bond donors (Lipinski definition) is 2. The number of rotatable bonds is 3. The molecule has 3 nitrogen and oxygen atoms in total. The second-order valence-electron chi connectivity index (χ2n) is 4.73. The first-order valence-electron chi connectivity index (χ1n) is 6.56. The van der Waals surface area contributed by atoms with Gasteiger partial charge in [-0.2, -0.15) is 0 Å². The van der Waals surface area contributed by atoms with Crippen LogP contribution in [0.5, 0.6) is 0 Å². The summed E-state index contributed by atoms with van der Waals surface area (Å²) in [4.78, 5) is 4.38. The molecule has 0 radical (unpaired) electrons. The van der Waals surface area contributed by atoms with Crippen molar-refractivity contribution >= 4 is 17.4 Å². The highest BCUT2D eigenvalue weighted by atomic mass is 35.5. The van der Waals surface area contributed by atoms with Gasteiger partial charge in [-0.1, -0.05) is 48.0 Å². The van der Waals surface area contributed by atoms with E-state index in [1.807, 2.05) is 36.4 Å². The maximum Gasteiger partial charge on any atom is 0.128 e. The zero-order valence-corrected chi connectivity index (χ0v) is 11.6. The Morgan fingerprint density at radius 1 is 1.00 bits per heavy atom. The molecule has 3 rings (SSSR count). The van der Waals surface area contributed by atoms with Crippen LogP contribution in [-0.2, 0) is 0 Å². The molecule has 0 saturated carbocycles. The molecule has 102 valence electrons. The van der Waals surface area contributed by atoms with Gasteiger partial charge in [0.1, 0.15) is 11.9 Å². The average molecular weight is 287 g/mol. The lowest BCUT2D eigenvalue weighted by Gasteiger charge is -2.12. The number of aliphatic hydroxyl groups is 1. The monoisotopic (exact) mass is 286 g/mol. The summed E-state index contributed by atoms with van der Waals surface area (Å²) >= 11 is 5.85. The number of hydrogen-bond acceptors (Lipinski definition) is 3. The number of benzene rings is 2. The molecule has 0 aromatic heterocycles. The Labute approximate surface area is 122 Å². The first-order chi connectivity index (χ1) is 9.74. The molecule has 0 fully saturated rings. The highest BCUT2D eigenvalue weighted by Gasteiger charge is 2.12. The molecule has 0 spiro atoms. The smallest absolute Gasteiger partial charge is 0.128 e. The van der Waals surface area contributed by atoms with Gasteiger partial charge in [-0.3, -0.25) is 4.99 Å². The van der Waals surface area contributed by atoms with Gasteiger partial charge in [0.25, 0.3) is 0 Å². The molecule has 0 aliphatic carbocycles. The average Bonchev–Trinajstić information content (AvgIpc) is 3.02. The molecule has 1 atom stereocenters. The first kappa shape index (κ1) is 13.2. The predicted molar refractivity (Wildman–Crippen MR) is 81.4 cm³/mol. The van der Waals surface area contributed by atoms with Crippen LogP contribution in [0.2, 0.25) is 5.02 Å². The third-order valence-corrected chi connectivity index (χ3v) is 3.61. The van der Waals surface area contributed by atoms with Crippen LogP contribution in [0.1, 0.15) is 22.8 Å². The van der Waals surface area contributed by atoms with E-state index >= 15 is 0 Å². The van der Waals surface area contributed by atoms with Crippen molar-refractivity contribution in [2.45, 2.75) is 6.10 Å². The lowest BCUT2D eigenvalue weighted by Crippen LogP contribution is -2.19. The van der Waals surface area contributed by atoms with Gasteiger partial charge in [-0.05, 0) is 23.3 Å². The van der Waals surface area contributed by atoms with E-state index < -0.39 is 6.10 Å². The molecular weight excluding hydrogens is 272 g/mol. The standard InChI is InChI=1S/C16H15ClN2O/c17-14-7-5-12(6-8-14)15(20)11-1-3-13(4-2-11)16-18-9-10-19-16/h1-8,15,20H,9-10H2,(H,18,19)/t15-/m0/s1. The number of nitrogens with zero attached hydrogens (tertiary/aromatic N) is 1. The van der Waals surface area contributed by atoms with E-state index in [1.165, 1.54) is 0 Å². The molecule has 1 aliphatic heterocycles. The van der Waals surface area contributed by atoms with E-state index in [2.05, 4.69) is 10.3 Å². The lowest BCUT2D eigenvalue weighted by atomic mass is 10.0. The molecule has 2 aromatic carbocycles. The van der Waals surface area contributed by atoms with Crippen molar-refractivity contribution in [2.24, 2.45) is 4.99 Å². The Morgan fingerprint density at radius 3 is 2.15 bits per heavy atom. The van der Waals surface area contributed by atoms with Gasteiger partial charge in [0, 0.05) is 17.1 Å². The van der Waals surface area contributed by atoms with Crippen molar-refractivity contribution in [1.29, 1.82) is 0 Å². The molecule has 0 saturated heterocycles. The van der Waals surface area contributed by atoms with E-state index in [0.717, 1.165) is 35.6 Å². The van der Waals surface area contributed by atoms with Crippen LogP contribution in [-0.4, -0.2) is 24.0 Å². The van der Waals surface area contributed by atoms with Gasteiger partial charge in [0.15, 0.2) is 0 Å². The highest BCUT2D eigenvalue weighted by molar-refractivity contribution is 6.30. The molecule has 1 heterocycles. The van der Waals surface area contributed by atoms with Crippen molar-refractivity contribution in [1.82, 2.24) is 5.32 Å². The Balaban J connectivity index is 1.81. The maximum absolute atomic E-state index is 10.4. The number of aliphatic hydroxyl groups excluding tert-OH is 1. The van der Waals surface area contributed by atoms with Crippen LogP contribution < -0.4 is 5.32 Å². The van der Waals surface area contributed by atoms with Crippen molar-refractivity contribution in [3.8, 4) is 0 Å². The van der Waals surface area contributed by atoms with Crippen LogP contribution in [0.4, 0.5) is 0 Å². The summed E-state index contributed by atoms with van der Waals surface area (Å²) in [5.41, 5.74) is 2.74. The largest absolute Gasteiger partial charge is 0.384 e. The first-order valence-corrected chi connectivity index (χ1v) is 6.94. The summed E-state index contributed by atoms with van der Waals surface area (Å²) in [5, 5.41) is 14.3. The van der Waals surface area contributed by atoms with Crippen molar-refractivity contribution < 1.29 is 5.11 Å². The SMILES string of the molecule is O[C@H](c1ccc(Cl)cc1)c1ccc(C2=NCCN2)cc1. The van der Waals surface area contributed by atoms with Gasteiger partial charge in [-0.25, -0.2) is 0 Å². The van der Waals surface area contributed by atoms with Crippen LogP contribution in [0.25, 0.3) is 0 Å². The van der Waals surface area contributed by atoms with Crippen molar-refractivity contribution in [2.75, 3.05) is 13.1 Å². The topological polar surface area (TPSA) is 44.6 Å². The lowest BCUT2D eigenvalue weighted by molar-refractivity contribution is 0.220. The number of nitrogens with one attached hydrogen (secondary N) is 1. The van der Waals surface area contributed by atoms with Crippen LogP contribution in [0.15, 0.2) is 53.5 Å². The molecule has 20 heavy (non-hydrogen) atoms. The predicted octanol–water partition coefficient (Wildman–Crippen LogP) is 2.77. The molecule has 2 N–H and O–H groups in total. The second kappa shape index (κ2) is 5.65. The number of amidine groups is 1. The summed E-state index contributed by atoms with van der Waals surface area (Å²) in [7, 11) is 0.